The van der Waals surface area contributed by atoms with E-state index in [-0.39, 0.29) is 0 Å². The number of hydrogen-bond donors (Lipinski definition) is 1. The van der Waals surface area contributed by atoms with Gasteiger partial charge < -0.3 is 14.6 Å². The highest BCUT2D eigenvalue weighted by Gasteiger charge is 2.18. The first-order valence-corrected chi connectivity index (χ1v) is 12.9. The number of rotatable bonds is 5. The first-order valence-electron chi connectivity index (χ1n) is 12.9. The maximum absolute atomic E-state index is 6.15. The first kappa shape index (κ1) is 22.2. The quantitative estimate of drug-likeness (QED) is 0.261. The molecule has 0 aliphatic carbocycles. The Morgan fingerprint density at radius 3 is 1.95 bits per heavy atom. The van der Waals surface area contributed by atoms with E-state index in [4.69, 9.17) is 4.42 Å². The molecular formula is C35H26N2O. The van der Waals surface area contributed by atoms with Gasteiger partial charge in [-0.15, -0.1) is 0 Å². The van der Waals surface area contributed by atoms with Crippen molar-refractivity contribution in [2.75, 3.05) is 4.90 Å². The summed E-state index contributed by atoms with van der Waals surface area (Å²) >= 11 is 0. The highest BCUT2D eigenvalue weighted by Crippen LogP contribution is 2.40. The molecule has 182 valence electrons. The second-order valence-corrected chi connectivity index (χ2v) is 9.50. The Morgan fingerprint density at radius 2 is 1.18 bits per heavy atom. The summed E-state index contributed by atoms with van der Waals surface area (Å²) in [4.78, 5) is 2.32. The Labute approximate surface area is 222 Å². The number of furan rings is 1. The summed E-state index contributed by atoms with van der Waals surface area (Å²) in [6, 6.07) is 45.1. The number of nitrogens with one attached hydrogen (secondary N) is 1. The van der Waals surface area contributed by atoms with E-state index < -0.39 is 0 Å². The normalized spacial score (nSPS) is 12.2. The lowest BCUT2D eigenvalue weighted by atomic mass is 10.0. The van der Waals surface area contributed by atoms with Crippen LogP contribution in [-0.2, 0) is 6.54 Å². The number of benzene rings is 5. The Kier molecular flexibility index (Phi) is 5.52. The molecule has 0 atom stereocenters. The topological polar surface area (TPSA) is 28.4 Å². The SMILES string of the molecule is C1=Cc2c(oc3ccc(N(c4ccc(-c5ccccc5)cc4)c4cccc(-c5ccccc5)c4)cc23)CN1. The van der Waals surface area contributed by atoms with E-state index in [1.165, 1.54) is 22.3 Å². The number of fused-ring (bicyclic) bond motifs is 3. The predicted octanol–water partition coefficient (Wildman–Crippen LogP) is 9.31. The van der Waals surface area contributed by atoms with Crippen molar-refractivity contribution in [2.24, 2.45) is 0 Å². The van der Waals surface area contributed by atoms with Crippen LogP contribution in [0.1, 0.15) is 11.3 Å². The van der Waals surface area contributed by atoms with Gasteiger partial charge in [-0.05, 0) is 77.0 Å². The van der Waals surface area contributed by atoms with Crippen LogP contribution in [0.4, 0.5) is 17.1 Å². The summed E-state index contributed by atoms with van der Waals surface area (Å²) in [5.41, 5.74) is 10.1. The molecule has 2 heterocycles. The molecular weight excluding hydrogens is 464 g/mol. The van der Waals surface area contributed by atoms with E-state index >= 15 is 0 Å². The molecule has 0 bridgehead atoms. The molecule has 0 saturated heterocycles. The zero-order chi connectivity index (χ0) is 25.3. The zero-order valence-electron chi connectivity index (χ0n) is 20.8. The lowest BCUT2D eigenvalue weighted by Gasteiger charge is -2.26. The van der Waals surface area contributed by atoms with Crippen molar-refractivity contribution in [1.29, 1.82) is 0 Å². The first-order chi connectivity index (χ1) is 18.8. The molecule has 1 aliphatic rings. The van der Waals surface area contributed by atoms with Gasteiger partial charge in [0.25, 0.3) is 0 Å². The highest BCUT2D eigenvalue weighted by atomic mass is 16.3. The Bertz CT molecular complexity index is 1750. The molecule has 1 N–H and O–H groups in total. The predicted molar refractivity (Wildman–Crippen MR) is 158 cm³/mol. The number of anilines is 3. The molecule has 1 aromatic heterocycles. The second-order valence-electron chi connectivity index (χ2n) is 9.50. The molecule has 38 heavy (non-hydrogen) atoms. The van der Waals surface area contributed by atoms with Gasteiger partial charge in [0.05, 0.1) is 6.54 Å². The van der Waals surface area contributed by atoms with Crippen molar-refractivity contribution in [3.8, 4) is 22.3 Å². The van der Waals surface area contributed by atoms with Crippen molar-refractivity contribution in [2.45, 2.75) is 6.54 Å². The molecule has 0 radical (unpaired) electrons. The van der Waals surface area contributed by atoms with Gasteiger partial charge in [-0.3, -0.25) is 0 Å². The summed E-state index contributed by atoms with van der Waals surface area (Å²) in [5, 5.41) is 4.37. The Morgan fingerprint density at radius 1 is 0.553 bits per heavy atom. The third kappa shape index (κ3) is 4.04. The zero-order valence-corrected chi connectivity index (χ0v) is 20.8. The third-order valence-corrected chi connectivity index (χ3v) is 7.12. The molecule has 6 aromatic rings. The fraction of sp³-hybridized carbons (Fsp3) is 0.0286. The van der Waals surface area contributed by atoms with Crippen LogP contribution >= 0.6 is 0 Å². The van der Waals surface area contributed by atoms with Crippen LogP contribution in [-0.4, -0.2) is 0 Å². The molecule has 3 nitrogen and oxygen atoms in total. The van der Waals surface area contributed by atoms with Crippen LogP contribution in [0.5, 0.6) is 0 Å². The van der Waals surface area contributed by atoms with Crippen molar-refractivity contribution < 1.29 is 4.42 Å². The van der Waals surface area contributed by atoms with Gasteiger partial charge in [-0.25, -0.2) is 0 Å². The van der Waals surface area contributed by atoms with Crippen LogP contribution in [0.3, 0.4) is 0 Å². The lowest BCUT2D eigenvalue weighted by molar-refractivity contribution is 0.532. The fourth-order valence-corrected chi connectivity index (χ4v) is 5.24. The smallest absolute Gasteiger partial charge is 0.135 e. The van der Waals surface area contributed by atoms with E-state index in [0.29, 0.717) is 6.54 Å². The van der Waals surface area contributed by atoms with Crippen molar-refractivity contribution in [3.05, 3.63) is 145 Å². The summed E-state index contributed by atoms with van der Waals surface area (Å²) in [5.74, 6) is 0.976. The van der Waals surface area contributed by atoms with Gasteiger partial charge in [-0.2, -0.15) is 0 Å². The standard InChI is InChI=1S/C35H26N2O/c1-3-8-25(9-4-1)27-14-16-29(17-15-27)37(30-13-7-12-28(22-30)26-10-5-2-6-11-26)31-18-19-34-33(23-31)32-20-21-36-24-35(32)38-34/h1-23,36H,24H2. The average molecular weight is 491 g/mol. The molecule has 0 fully saturated rings. The van der Waals surface area contributed by atoms with E-state index in [1.807, 2.05) is 6.20 Å². The van der Waals surface area contributed by atoms with Crippen LogP contribution < -0.4 is 10.2 Å². The Balaban J connectivity index is 1.37. The van der Waals surface area contributed by atoms with Crippen LogP contribution in [0.2, 0.25) is 0 Å². The van der Waals surface area contributed by atoms with Crippen LogP contribution in [0.15, 0.2) is 138 Å². The highest BCUT2D eigenvalue weighted by molar-refractivity contribution is 5.94. The Hall–Kier alpha value is -5.02. The van der Waals surface area contributed by atoms with Gasteiger partial charge in [0.2, 0.25) is 0 Å². The summed E-state index contributed by atoms with van der Waals surface area (Å²) in [6.07, 6.45) is 4.09. The fourth-order valence-electron chi connectivity index (χ4n) is 5.24. The molecule has 7 rings (SSSR count). The van der Waals surface area contributed by atoms with E-state index in [0.717, 1.165) is 39.4 Å². The minimum atomic E-state index is 0.708. The van der Waals surface area contributed by atoms with Gasteiger partial charge in [-0.1, -0.05) is 84.9 Å². The van der Waals surface area contributed by atoms with Gasteiger partial charge in [0.1, 0.15) is 11.3 Å². The van der Waals surface area contributed by atoms with Crippen molar-refractivity contribution in [3.63, 3.8) is 0 Å². The van der Waals surface area contributed by atoms with Crippen molar-refractivity contribution in [1.82, 2.24) is 5.32 Å². The molecule has 0 amide bonds. The second kappa shape index (κ2) is 9.45. The summed E-state index contributed by atoms with van der Waals surface area (Å²) in [7, 11) is 0. The van der Waals surface area contributed by atoms with Crippen LogP contribution in [0, 0.1) is 0 Å². The summed E-state index contributed by atoms with van der Waals surface area (Å²) in [6.45, 7) is 0.708. The van der Waals surface area contributed by atoms with Gasteiger partial charge in [0, 0.05) is 28.0 Å². The van der Waals surface area contributed by atoms with E-state index in [2.05, 4.69) is 144 Å². The maximum Gasteiger partial charge on any atom is 0.135 e. The summed E-state index contributed by atoms with van der Waals surface area (Å²) < 4.78 is 6.15. The molecule has 5 aromatic carbocycles. The molecule has 0 unspecified atom stereocenters. The van der Waals surface area contributed by atoms with E-state index in [1.54, 1.807) is 0 Å². The average Bonchev–Trinajstić information content (AvgIpc) is 3.37. The molecule has 3 heteroatoms. The third-order valence-electron chi connectivity index (χ3n) is 7.12. The molecule has 1 aliphatic heterocycles. The number of hydrogen-bond acceptors (Lipinski definition) is 3. The molecule has 0 spiro atoms. The largest absolute Gasteiger partial charge is 0.459 e. The van der Waals surface area contributed by atoms with E-state index in [9.17, 15) is 0 Å². The van der Waals surface area contributed by atoms with Crippen LogP contribution in [0.25, 0.3) is 39.3 Å². The van der Waals surface area contributed by atoms with Gasteiger partial charge >= 0.3 is 0 Å². The lowest BCUT2D eigenvalue weighted by Crippen LogP contribution is -2.10. The van der Waals surface area contributed by atoms with Gasteiger partial charge in [0.15, 0.2) is 0 Å². The monoisotopic (exact) mass is 490 g/mol. The minimum absolute atomic E-state index is 0.708. The maximum atomic E-state index is 6.15. The van der Waals surface area contributed by atoms with Crippen molar-refractivity contribution >= 4 is 34.1 Å². The number of nitrogens with zero attached hydrogens (tertiary/aromatic N) is 1. The molecule has 0 saturated carbocycles. The minimum Gasteiger partial charge on any atom is -0.459 e.